The molecule has 9 atom stereocenters. The third-order valence-corrected chi connectivity index (χ3v) is 11.3. The van der Waals surface area contributed by atoms with Gasteiger partial charge in [0.1, 0.15) is 25.4 Å². The summed E-state index contributed by atoms with van der Waals surface area (Å²) in [6.45, 7) is 35.3. The van der Waals surface area contributed by atoms with Gasteiger partial charge in [-0.2, -0.15) is 0 Å². The van der Waals surface area contributed by atoms with Crippen LogP contribution in [0.2, 0.25) is 19.6 Å². The summed E-state index contributed by atoms with van der Waals surface area (Å²) < 4.78 is 62.8. The molecule has 3 rings (SSSR count). The van der Waals surface area contributed by atoms with Crippen molar-refractivity contribution >= 4 is 44.1 Å². The molecule has 0 radical (unpaired) electrons. The summed E-state index contributed by atoms with van der Waals surface area (Å²) in [5, 5.41) is 0. The molecule has 0 aromatic rings. The first-order valence-electron chi connectivity index (χ1n) is 23.0. The monoisotopic (exact) mass is 965 g/mol. The summed E-state index contributed by atoms with van der Waals surface area (Å²) >= 11 is 0. The van der Waals surface area contributed by atoms with Crippen molar-refractivity contribution in [1.82, 2.24) is 0 Å². The second-order valence-electron chi connectivity index (χ2n) is 24.8. The molecule has 0 aromatic heterocycles. The second kappa shape index (κ2) is 20.8. The molecule has 0 bridgehead atoms. The first kappa shape index (κ1) is 57.1. The van der Waals surface area contributed by atoms with Gasteiger partial charge in [-0.1, -0.05) is 0 Å². The Bertz CT molecular complexity index is 1920. The van der Waals surface area contributed by atoms with Crippen LogP contribution in [0.5, 0.6) is 0 Å². The van der Waals surface area contributed by atoms with Crippen LogP contribution in [-0.4, -0.2) is 100 Å². The number of fused-ring (bicyclic) bond motifs is 1. The van der Waals surface area contributed by atoms with Crippen molar-refractivity contribution in [2.45, 2.75) is 187 Å². The normalized spacial score (nSPS) is 26.8. The fraction of sp³-hybridized carbons (Fsp3) is 0.760. The highest BCUT2D eigenvalue weighted by Gasteiger charge is 2.58. The summed E-state index contributed by atoms with van der Waals surface area (Å²) in [5.41, 5.74) is -5.02. The highest BCUT2D eigenvalue weighted by molar-refractivity contribution is 6.69. The predicted octanol–water partition coefficient (Wildman–Crippen LogP) is 8.52. The molecule has 1 aliphatic carbocycles. The first-order valence-corrected chi connectivity index (χ1v) is 26.4. The molecule has 0 N–H and O–H groups in total. The molecule has 1 saturated heterocycles. The van der Waals surface area contributed by atoms with E-state index in [1.807, 2.05) is 19.6 Å². The van der Waals surface area contributed by atoms with Crippen molar-refractivity contribution < 1.29 is 75.8 Å². The Kier molecular flexibility index (Phi) is 17.7. The summed E-state index contributed by atoms with van der Waals surface area (Å²) in [4.78, 5) is 82.0. The lowest BCUT2D eigenvalue weighted by atomic mass is 9.84. The van der Waals surface area contributed by atoms with Crippen molar-refractivity contribution in [3.63, 3.8) is 0 Å². The third kappa shape index (κ3) is 15.9. The Labute approximate surface area is 399 Å². The van der Waals surface area contributed by atoms with Gasteiger partial charge in [0.25, 0.3) is 0 Å². The Morgan fingerprint density at radius 2 is 0.985 bits per heavy atom. The van der Waals surface area contributed by atoms with E-state index in [0.717, 1.165) is 0 Å². The third-order valence-electron chi connectivity index (χ3n) is 10.5. The van der Waals surface area contributed by atoms with Gasteiger partial charge in [-0.15, -0.1) is 0 Å². The number of esters is 6. The number of hydrogen-bond acceptors (Lipinski definition) is 16. The van der Waals surface area contributed by atoms with E-state index in [1.165, 1.54) is 6.26 Å². The van der Waals surface area contributed by atoms with E-state index < -0.39 is 138 Å². The lowest BCUT2D eigenvalue weighted by Crippen LogP contribution is -2.64. The molecule has 1 fully saturated rings. The van der Waals surface area contributed by atoms with Gasteiger partial charge in [0.15, 0.2) is 18.3 Å². The predicted molar refractivity (Wildman–Crippen MR) is 250 cm³/mol. The van der Waals surface area contributed by atoms with E-state index >= 15 is 0 Å². The van der Waals surface area contributed by atoms with Crippen LogP contribution in [-0.2, 0) is 75.8 Å². The highest BCUT2D eigenvalue weighted by Crippen LogP contribution is 2.46. The van der Waals surface area contributed by atoms with Crippen LogP contribution in [0.25, 0.3) is 0 Å². The molecular formula is C50H80O16Si. The summed E-state index contributed by atoms with van der Waals surface area (Å²) in [6.07, 6.45) is -3.82. The topological polar surface area (TPSA) is 195 Å². The maximum Gasteiger partial charge on any atom is 0.311 e. The summed E-state index contributed by atoms with van der Waals surface area (Å²) in [5.74, 6) is -5.51. The standard InChI is InChI=1S/C50H80O16Si/c1-45(2,3)39(51)58-25-29-24-30(62-41(53)47(7,8)9)32-28(26-60-67(19,20)21)22-23-57-37(33(29)32)66-38-36(65-44(56)50(16,17)18)35(64-43(55)49(13,14)15)34(63-42(54)48(10,11)12)31(61-38)27-59-40(52)46(4,5)6/h22-24,26,30-38H,25,27H2,1-21H3/b28-26-/t30-,31-,32+,33-,34-,35+,36-,37+,38+/m1/s1. The van der Waals surface area contributed by atoms with Crippen LogP contribution < -0.4 is 0 Å². The zero-order chi connectivity index (χ0) is 51.6. The van der Waals surface area contributed by atoms with Crippen molar-refractivity contribution in [3.05, 3.63) is 35.8 Å². The number of carbonyl (C=O) groups is 6. The van der Waals surface area contributed by atoms with Crippen LogP contribution in [0.3, 0.4) is 0 Å². The molecule has 17 heteroatoms. The highest BCUT2D eigenvalue weighted by atomic mass is 28.4. The van der Waals surface area contributed by atoms with Gasteiger partial charge < -0.3 is 47.1 Å². The molecule has 2 aliphatic heterocycles. The first-order chi connectivity index (χ1) is 30.1. The zero-order valence-corrected chi connectivity index (χ0v) is 45.0. The minimum absolute atomic E-state index is 0.262. The quantitative estimate of drug-likeness (QED) is 0.0593. The molecule has 380 valence electrons. The van der Waals surface area contributed by atoms with Gasteiger partial charge in [-0.3, -0.25) is 28.8 Å². The van der Waals surface area contributed by atoms with E-state index in [2.05, 4.69) is 0 Å². The van der Waals surface area contributed by atoms with Gasteiger partial charge in [-0.05, 0) is 168 Å². The fourth-order valence-electron chi connectivity index (χ4n) is 6.32. The maximum atomic E-state index is 14.0. The largest absolute Gasteiger partial charge is 0.549 e. The van der Waals surface area contributed by atoms with Crippen molar-refractivity contribution in [3.8, 4) is 0 Å². The average molecular weight is 965 g/mol. The minimum Gasteiger partial charge on any atom is -0.549 e. The van der Waals surface area contributed by atoms with Crippen molar-refractivity contribution in [1.29, 1.82) is 0 Å². The van der Waals surface area contributed by atoms with Crippen LogP contribution in [0.15, 0.2) is 35.8 Å². The summed E-state index contributed by atoms with van der Waals surface area (Å²) in [7, 11) is -2.21. The Morgan fingerprint density at radius 1 is 0.552 bits per heavy atom. The molecule has 0 spiro atoms. The van der Waals surface area contributed by atoms with Crippen LogP contribution in [0.4, 0.5) is 0 Å². The maximum absolute atomic E-state index is 14.0. The van der Waals surface area contributed by atoms with E-state index in [9.17, 15) is 28.8 Å². The average Bonchev–Trinajstić information content (AvgIpc) is 3.39. The Hall–Kier alpha value is -4.22. The van der Waals surface area contributed by atoms with Crippen LogP contribution in [0, 0.1) is 44.3 Å². The van der Waals surface area contributed by atoms with Gasteiger partial charge in [0, 0.05) is 5.92 Å². The molecule has 3 aliphatic rings. The summed E-state index contributed by atoms with van der Waals surface area (Å²) in [6, 6.07) is 0. The zero-order valence-electron chi connectivity index (χ0n) is 44.0. The molecule has 0 amide bonds. The van der Waals surface area contributed by atoms with Gasteiger partial charge >= 0.3 is 35.8 Å². The molecule has 0 unspecified atom stereocenters. The fourth-order valence-corrected chi connectivity index (χ4v) is 6.81. The van der Waals surface area contributed by atoms with Crippen LogP contribution in [0.1, 0.15) is 125 Å². The van der Waals surface area contributed by atoms with E-state index in [4.69, 9.17) is 47.1 Å². The molecule has 67 heavy (non-hydrogen) atoms. The SMILES string of the molecule is CC(C)(C)C(=O)OCC1=C[C@@H](OC(=O)C(C)(C)C)[C@@H]2/C(=C\O[Si](C)(C)C)C=CO[C@@H](O[C@@H]3O[C@H](COC(=O)C(C)(C)C)[C@@H](OC(=O)C(C)(C)C)[C@H](OC(=O)C(C)(C)C)[C@H]3OC(=O)C(C)(C)C)[C@H]12. The van der Waals surface area contributed by atoms with E-state index in [1.54, 1.807) is 143 Å². The molecular weight excluding hydrogens is 885 g/mol. The van der Waals surface area contributed by atoms with Gasteiger partial charge in [-0.25, -0.2) is 0 Å². The number of hydrogen-bond donors (Lipinski definition) is 0. The molecule has 2 heterocycles. The second-order valence-corrected chi connectivity index (χ2v) is 29.2. The Balaban J connectivity index is 2.38. The number of rotatable bonds is 12. The van der Waals surface area contributed by atoms with Gasteiger partial charge in [0.2, 0.25) is 20.9 Å². The lowest BCUT2D eigenvalue weighted by Gasteiger charge is -2.46. The van der Waals surface area contributed by atoms with Crippen molar-refractivity contribution in [2.24, 2.45) is 44.3 Å². The lowest BCUT2D eigenvalue weighted by molar-refractivity contribution is -0.343. The molecule has 0 aromatic carbocycles. The number of ether oxygens (including phenoxy) is 9. The number of carbonyl (C=O) groups excluding carboxylic acids is 6. The minimum atomic E-state index is -2.21. The molecule has 16 nitrogen and oxygen atoms in total. The smallest absolute Gasteiger partial charge is 0.311 e. The number of allylic oxidation sites excluding steroid dienone is 1. The van der Waals surface area contributed by atoms with E-state index in [-0.39, 0.29) is 6.61 Å². The molecule has 0 saturated carbocycles. The Morgan fingerprint density at radius 3 is 1.45 bits per heavy atom. The van der Waals surface area contributed by atoms with Crippen molar-refractivity contribution in [2.75, 3.05) is 13.2 Å². The van der Waals surface area contributed by atoms with Gasteiger partial charge in [0.05, 0.1) is 50.9 Å². The van der Waals surface area contributed by atoms with E-state index in [0.29, 0.717) is 11.1 Å². The van der Waals surface area contributed by atoms with Crippen LogP contribution >= 0.6 is 0 Å².